The summed E-state index contributed by atoms with van der Waals surface area (Å²) in [6, 6.07) is 30.9. The number of hydrogen-bond acceptors (Lipinski definition) is 3. The fraction of sp³-hybridized carbons (Fsp3) is 0.0968. The molecular weight excluding hydrogens is 434 g/mol. The Hall–Kier alpha value is -4.28. The van der Waals surface area contributed by atoms with Gasteiger partial charge in [0.1, 0.15) is 0 Å². The van der Waals surface area contributed by atoms with E-state index in [1.165, 1.54) is 6.08 Å². The van der Waals surface area contributed by atoms with Gasteiger partial charge in [0.2, 0.25) is 0 Å². The van der Waals surface area contributed by atoms with Crippen LogP contribution in [-0.2, 0) is 21.7 Å². The topological polar surface area (TPSA) is 57.6 Å². The summed E-state index contributed by atoms with van der Waals surface area (Å²) >= 11 is 0. The normalized spacial score (nSPS) is 17.5. The van der Waals surface area contributed by atoms with Crippen molar-refractivity contribution >= 4 is 34.2 Å². The Bertz CT molecular complexity index is 1450. The van der Waals surface area contributed by atoms with E-state index in [1.54, 1.807) is 29.2 Å². The summed E-state index contributed by atoms with van der Waals surface area (Å²) in [5.74, 6) is -0.798. The summed E-state index contributed by atoms with van der Waals surface area (Å²) in [4.78, 5) is 27.9. The molecule has 1 aliphatic heterocycles. The molecule has 0 bridgehead atoms. The van der Waals surface area contributed by atoms with Crippen molar-refractivity contribution in [1.82, 2.24) is 0 Å². The Balaban J connectivity index is 1.38. The highest BCUT2D eigenvalue weighted by Gasteiger charge is 2.50. The molecule has 35 heavy (non-hydrogen) atoms. The number of aliphatic hydroxyl groups is 1. The Kier molecular flexibility index (Phi) is 6.13. The summed E-state index contributed by atoms with van der Waals surface area (Å²) in [7, 11) is 0. The molecule has 0 unspecified atom stereocenters. The molecule has 0 saturated carbocycles. The van der Waals surface area contributed by atoms with Crippen molar-refractivity contribution in [2.45, 2.75) is 18.6 Å². The van der Waals surface area contributed by atoms with Gasteiger partial charge < -0.3 is 10.0 Å². The predicted octanol–water partition coefficient (Wildman–Crippen LogP) is 5.80. The van der Waals surface area contributed by atoms with Crippen LogP contribution in [0, 0.1) is 0 Å². The molecule has 1 atom stereocenters. The van der Waals surface area contributed by atoms with E-state index in [1.807, 2.05) is 91.0 Å². The number of anilines is 1. The van der Waals surface area contributed by atoms with Gasteiger partial charge in [0.15, 0.2) is 11.4 Å². The Morgan fingerprint density at radius 1 is 0.829 bits per heavy atom. The first-order valence-electron chi connectivity index (χ1n) is 11.6. The van der Waals surface area contributed by atoms with Gasteiger partial charge in [-0.2, -0.15) is 0 Å². The van der Waals surface area contributed by atoms with Crippen LogP contribution in [0.3, 0.4) is 0 Å². The second-order valence-electron chi connectivity index (χ2n) is 8.68. The van der Waals surface area contributed by atoms with Crippen molar-refractivity contribution in [1.29, 1.82) is 0 Å². The summed E-state index contributed by atoms with van der Waals surface area (Å²) in [5, 5.41) is 13.7. The first-order valence-corrected chi connectivity index (χ1v) is 11.6. The van der Waals surface area contributed by atoms with Crippen LogP contribution in [0.4, 0.5) is 5.69 Å². The van der Waals surface area contributed by atoms with Crippen molar-refractivity contribution in [2.75, 3.05) is 4.90 Å². The fourth-order valence-corrected chi connectivity index (χ4v) is 4.64. The van der Waals surface area contributed by atoms with E-state index < -0.39 is 11.5 Å². The molecule has 1 amide bonds. The van der Waals surface area contributed by atoms with Gasteiger partial charge in [0.25, 0.3) is 5.91 Å². The molecule has 0 saturated heterocycles. The lowest BCUT2D eigenvalue weighted by Crippen LogP contribution is -2.41. The first kappa shape index (κ1) is 22.5. The number of carbonyl (C=O) groups is 2. The van der Waals surface area contributed by atoms with Crippen molar-refractivity contribution < 1.29 is 14.7 Å². The van der Waals surface area contributed by atoms with Crippen LogP contribution >= 0.6 is 0 Å². The van der Waals surface area contributed by atoms with Crippen LogP contribution in [0.15, 0.2) is 115 Å². The zero-order valence-electron chi connectivity index (χ0n) is 19.2. The molecule has 1 heterocycles. The minimum atomic E-state index is -1.90. The Morgan fingerprint density at radius 3 is 2.40 bits per heavy atom. The van der Waals surface area contributed by atoms with Crippen LogP contribution in [0.1, 0.15) is 23.1 Å². The third kappa shape index (κ3) is 4.44. The van der Waals surface area contributed by atoms with Crippen LogP contribution in [0.25, 0.3) is 16.8 Å². The van der Waals surface area contributed by atoms with Crippen molar-refractivity contribution in [3.63, 3.8) is 0 Å². The number of amides is 1. The van der Waals surface area contributed by atoms with Crippen LogP contribution in [-0.4, -0.2) is 16.8 Å². The minimum absolute atomic E-state index is 0.309. The number of nitrogens with zero attached hydrogens (tertiary/aromatic N) is 1. The molecule has 0 spiro atoms. The highest BCUT2D eigenvalue weighted by Crippen LogP contribution is 2.43. The van der Waals surface area contributed by atoms with E-state index in [2.05, 4.69) is 0 Å². The monoisotopic (exact) mass is 459 g/mol. The summed E-state index contributed by atoms with van der Waals surface area (Å²) in [5.41, 5.74) is 1.20. The molecule has 4 aromatic carbocycles. The second-order valence-corrected chi connectivity index (χ2v) is 8.68. The molecule has 4 nitrogen and oxygen atoms in total. The van der Waals surface area contributed by atoms with E-state index in [0.29, 0.717) is 17.8 Å². The molecule has 172 valence electrons. The number of para-hydroxylation sites is 1. The lowest BCUT2D eigenvalue weighted by Gasteiger charge is -2.23. The minimum Gasteiger partial charge on any atom is -0.375 e. The number of ketones is 1. The van der Waals surface area contributed by atoms with Crippen molar-refractivity contribution in [3.8, 4) is 0 Å². The van der Waals surface area contributed by atoms with Gasteiger partial charge in [-0.3, -0.25) is 9.59 Å². The van der Waals surface area contributed by atoms with Gasteiger partial charge in [-0.1, -0.05) is 109 Å². The average Bonchev–Trinajstić information content (AvgIpc) is 3.09. The maximum absolute atomic E-state index is 13.6. The lowest BCUT2D eigenvalue weighted by atomic mass is 9.90. The number of rotatable bonds is 7. The lowest BCUT2D eigenvalue weighted by molar-refractivity contribution is -0.140. The fourth-order valence-electron chi connectivity index (χ4n) is 4.64. The number of carbonyl (C=O) groups excluding carboxylic acids is 2. The van der Waals surface area contributed by atoms with Gasteiger partial charge in [0.05, 0.1) is 18.7 Å². The quantitative estimate of drug-likeness (QED) is 0.281. The van der Waals surface area contributed by atoms with Gasteiger partial charge in [-0.05, 0) is 34.0 Å². The number of fused-ring (bicyclic) bond motifs is 2. The van der Waals surface area contributed by atoms with Crippen LogP contribution in [0.5, 0.6) is 0 Å². The number of hydrogen-bond donors (Lipinski definition) is 1. The summed E-state index contributed by atoms with van der Waals surface area (Å²) < 4.78 is 0. The molecule has 1 aliphatic rings. The van der Waals surface area contributed by atoms with Crippen LogP contribution < -0.4 is 4.90 Å². The maximum atomic E-state index is 13.6. The van der Waals surface area contributed by atoms with Crippen molar-refractivity contribution in [2.24, 2.45) is 0 Å². The molecular formula is C31H25NO3. The summed E-state index contributed by atoms with van der Waals surface area (Å²) in [6.45, 7) is 0.309. The van der Waals surface area contributed by atoms with Crippen LogP contribution in [0.2, 0.25) is 0 Å². The van der Waals surface area contributed by atoms with Gasteiger partial charge in [-0.25, -0.2) is 0 Å². The SMILES string of the molecule is O=C(/C=C/C=C/c1ccccc1)C[C@@]1(O)C(=O)N(Cc2cccc3ccccc23)c2ccccc21. The molecule has 0 aliphatic carbocycles. The molecule has 0 aromatic heterocycles. The van der Waals surface area contributed by atoms with E-state index in [-0.39, 0.29) is 12.2 Å². The average molecular weight is 460 g/mol. The largest absolute Gasteiger partial charge is 0.375 e. The Morgan fingerprint density at radius 2 is 1.54 bits per heavy atom. The van der Waals surface area contributed by atoms with E-state index in [4.69, 9.17) is 0 Å². The number of benzene rings is 4. The predicted molar refractivity (Wildman–Crippen MR) is 140 cm³/mol. The zero-order chi connectivity index (χ0) is 24.3. The molecule has 4 aromatic rings. The highest BCUT2D eigenvalue weighted by atomic mass is 16.3. The smallest absolute Gasteiger partial charge is 0.264 e. The molecule has 4 heteroatoms. The zero-order valence-corrected chi connectivity index (χ0v) is 19.2. The molecule has 5 rings (SSSR count). The maximum Gasteiger partial charge on any atom is 0.264 e. The van der Waals surface area contributed by atoms with E-state index in [0.717, 1.165) is 21.9 Å². The molecule has 0 radical (unpaired) electrons. The standard InChI is InChI=1S/C31H25NO3/c33-26(17-6-4-13-23-11-2-1-3-12-23)21-31(35)28-19-8-9-20-29(28)32(30(31)34)22-25-16-10-15-24-14-5-7-18-27(24)25/h1-20,35H,21-22H2/b13-4+,17-6+/t31-/m0/s1. The van der Waals surface area contributed by atoms with Gasteiger partial charge in [-0.15, -0.1) is 0 Å². The first-order chi connectivity index (χ1) is 17.1. The third-order valence-electron chi connectivity index (χ3n) is 6.36. The summed E-state index contributed by atoms with van der Waals surface area (Å²) in [6.07, 6.45) is 6.39. The molecule has 0 fully saturated rings. The number of allylic oxidation sites excluding steroid dienone is 3. The van der Waals surface area contributed by atoms with Crippen molar-refractivity contribution in [3.05, 3.63) is 132 Å². The van der Waals surface area contributed by atoms with Gasteiger partial charge in [0, 0.05) is 5.56 Å². The highest BCUT2D eigenvalue weighted by molar-refractivity contribution is 6.10. The third-order valence-corrected chi connectivity index (χ3v) is 6.36. The molecule has 1 N–H and O–H groups in total. The second kappa shape index (κ2) is 9.53. The van der Waals surface area contributed by atoms with E-state index >= 15 is 0 Å². The van der Waals surface area contributed by atoms with E-state index in [9.17, 15) is 14.7 Å². The van der Waals surface area contributed by atoms with Gasteiger partial charge >= 0.3 is 0 Å². The Labute approximate surface area is 204 Å².